The van der Waals surface area contributed by atoms with Crippen molar-refractivity contribution in [1.29, 1.82) is 0 Å². The summed E-state index contributed by atoms with van der Waals surface area (Å²) in [5.41, 5.74) is -6.21. The first-order valence-corrected chi connectivity index (χ1v) is 20.0. The zero-order chi connectivity index (χ0) is 67.5. The number of rotatable bonds is 6. The molecule has 0 atom stereocenters. The molecule has 63 heavy (non-hydrogen) atoms. The van der Waals surface area contributed by atoms with E-state index >= 15 is 0 Å². The van der Waals surface area contributed by atoms with Crippen LogP contribution in [-0.2, 0) is 0 Å². The maximum Gasteiger partial charge on any atom is 0.0645 e. The average molecular weight is 849 g/mol. The van der Waals surface area contributed by atoms with E-state index in [-0.39, 0.29) is 53.4 Å². The highest BCUT2D eigenvalue weighted by Crippen LogP contribution is 2.43. The van der Waals surface area contributed by atoms with Crippen molar-refractivity contribution >= 4 is 75.1 Å². The van der Waals surface area contributed by atoms with Crippen LogP contribution in [0.15, 0.2) is 230 Å². The molecule has 0 saturated carbocycles. The molecule has 2 nitrogen and oxygen atoms in total. The van der Waals surface area contributed by atoms with Crippen LogP contribution in [0.1, 0.15) is 41.1 Å². The smallest absolute Gasteiger partial charge is 0.0645 e. The van der Waals surface area contributed by atoms with Gasteiger partial charge >= 0.3 is 0 Å². The molecule has 0 amide bonds. The van der Waals surface area contributed by atoms with Crippen LogP contribution in [0.2, 0.25) is 0 Å². The lowest BCUT2D eigenvalue weighted by Crippen LogP contribution is -1.94. The third kappa shape index (κ3) is 5.78. The van der Waals surface area contributed by atoms with Crippen LogP contribution in [0.25, 0.3) is 120 Å². The molecule has 3 heterocycles. The van der Waals surface area contributed by atoms with Crippen molar-refractivity contribution in [3.8, 4) is 55.9 Å². The minimum atomic E-state index is -0.955. The van der Waals surface area contributed by atoms with Crippen molar-refractivity contribution in [2.45, 2.75) is 0 Å². The predicted octanol–water partition coefficient (Wildman–Crippen LogP) is 16.9. The molecule has 3 heteroatoms. The van der Waals surface area contributed by atoms with Gasteiger partial charge in [0.05, 0.1) is 73.6 Å². The summed E-state index contributed by atoms with van der Waals surface area (Å²) in [5.74, 6) is 0. The number of hydrogen-bond donors (Lipinski definition) is 0. The molecular weight excluding hydrogens is 781 g/mol. The maximum atomic E-state index is 10.1. The zero-order valence-corrected chi connectivity index (χ0v) is 32.7. The van der Waals surface area contributed by atoms with E-state index in [0.29, 0.717) is 11.3 Å². The molecule has 0 N–H and O–H groups in total. The Morgan fingerprint density at radius 2 is 0.825 bits per heavy atom. The lowest BCUT2D eigenvalue weighted by Gasteiger charge is -2.10. The van der Waals surface area contributed by atoms with E-state index in [9.17, 15) is 24.7 Å². The third-order valence-corrected chi connectivity index (χ3v) is 11.7. The van der Waals surface area contributed by atoms with E-state index in [1.807, 2.05) is 0 Å². The van der Waals surface area contributed by atoms with Crippen molar-refractivity contribution in [3.63, 3.8) is 0 Å². The lowest BCUT2D eigenvalue weighted by atomic mass is 9.97. The molecule has 13 rings (SSSR count). The topological polar surface area (TPSA) is 9.86 Å². The van der Waals surface area contributed by atoms with Gasteiger partial charge in [0.1, 0.15) is 0 Å². The molecule has 3 aromatic heterocycles. The molecule has 0 aliphatic rings. The highest BCUT2D eigenvalue weighted by atomic mass is 32.1. The van der Waals surface area contributed by atoms with Gasteiger partial charge in [0.2, 0.25) is 0 Å². The van der Waals surface area contributed by atoms with Gasteiger partial charge in [0, 0.05) is 42.7 Å². The normalized spacial score (nSPS) is 18.5. The molecule has 13 aromatic rings. The molecule has 0 fully saturated rings. The van der Waals surface area contributed by atoms with Crippen LogP contribution in [0, 0.1) is 0 Å². The summed E-state index contributed by atoms with van der Waals surface area (Å²) in [5, 5.41) is -2.12. The second-order valence-corrected chi connectivity index (χ2v) is 15.1. The fourth-order valence-electron chi connectivity index (χ4n) is 7.73. The van der Waals surface area contributed by atoms with Gasteiger partial charge in [-0.25, -0.2) is 0 Å². The van der Waals surface area contributed by atoms with E-state index in [1.165, 1.54) is 4.57 Å². The summed E-state index contributed by atoms with van der Waals surface area (Å²) >= 11 is 0.652. The molecule has 0 spiro atoms. The van der Waals surface area contributed by atoms with Gasteiger partial charge in [-0.2, -0.15) is 0 Å². The van der Waals surface area contributed by atoms with E-state index in [1.54, 1.807) is 30.3 Å². The standard InChI is InChI=1S/C60H38N2S/c1-3-13-39(14-4-1)42-15-11-16-43(35-42)40-25-27-41(28-26-40)44-31-34-59-53(38-44)50-21-12-24-58(60(50)63-59)62-55-23-10-8-20-49(55)52-37-46(30-33-57(52)62)45-29-32-56-51(36-45)48-19-7-9-22-54(48)61(56)47-17-5-2-6-18-47/h1-38H/i1D,3D,7D,8D,9D,10D,12D,13D,14D,15D,16D,19D,20D,21D,22D,23D,25D,26D,27D,28D,29D,30D,31D,32D,33D,34D,35D,36D,37D,38D. The summed E-state index contributed by atoms with van der Waals surface area (Å²) < 4.78 is 277. The largest absolute Gasteiger partial charge is 0.309 e. The first-order chi connectivity index (χ1) is 43.7. The molecule has 0 aliphatic heterocycles. The average Bonchev–Trinajstić information content (AvgIpc) is 1.56. The van der Waals surface area contributed by atoms with Gasteiger partial charge in [-0.15, -0.1) is 11.3 Å². The van der Waals surface area contributed by atoms with Gasteiger partial charge in [0.25, 0.3) is 0 Å². The summed E-state index contributed by atoms with van der Waals surface area (Å²) in [4.78, 5) is 0. The second kappa shape index (κ2) is 14.3. The molecule has 0 unspecified atom stereocenters. The van der Waals surface area contributed by atoms with E-state index in [0.717, 1.165) is 22.8 Å². The SMILES string of the molecule is [2H]c1cc([2H])c(-c2c([2H])cc([2H])c(-c3c([2H])c([2H])c(-c4c([2H])c([2H])c5sc6c(-n7c8c([2H])c([2H])c([2H])c([2H])c8c8c([2H])c(-c9c([2H])c([2H])c%10c(c9[2H])c9c([2H])c([2H])c([2H])c([2H])c9n%10-c9ccccc9)c([2H])c([2H])c87)cc([2H])c([2H])c6c5c4[2H])c([2H])c3[2H])c2[2H])c([2H])c1[2H]. The van der Waals surface area contributed by atoms with E-state index < -0.39 is 248 Å². The highest BCUT2D eigenvalue weighted by molar-refractivity contribution is 7.26. The quantitative estimate of drug-likeness (QED) is 0.158. The Kier molecular flexibility index (Phi) is 3.87. The Morgan fingerprint density at radius 1 is 0.317 bits per heavy atom. The van der Waals surface area contributed by atoms with Crippen LogP contribution >= 0.6 is 11.3 Å². The molecule has 294 valence electrons. The first-order valence-electron chi connectivity index (χ1n) is 34.1. The Bertz CT molecular complexity index is 5660. The number of thiophene rings is 1. The first kappa shape index (κ1) is 17.1. The summed E-state index contributed by atoms with van der Waals surface area (Å²) in [6.07, 6.45) is 0. The van der Waals surface area contributed by atoms with Gasteiger partial charge in [-0.1, -0.05) is 157 Å². The van der Waals surface area contributed by atoms with Crippen molar-refractivity contribution in [2.75, 3.05) is 0 Å². The van der Waals surface area contributed by atoms with Crippen molar-refractivity contribution in [3.05, 3.63) is 230 Å². The lowest BCUT2D eigenvalue weighted by molar-refractivity contribution is 1.18. The fraction of sp³-hybridized carbons (Fsp3) is 0. The fourth-order valence-corrected chi connectivity index (χ4v) is 8.80. The third-order valence-electron chi connectivity index (χ3n) is 10.5. The minimum Gasteiger partial charge on any atom is -0.309 e. The number of benzene rings is 10. The molecule has 0 bridgehead atoms. The Labute approximate surface area is 410 Å². The predicted molar refractivity (Wildman–Crippen MR) is 270 cm³/mol. The Balaban J connectivity index is 1.09. The summed E-state index contributed by atoms with van der Waals surface area (Å²) in [6, 6.07) is -11.3. The van der Waals surface area contributed by atoms with Gasteiger partial charge in [0.15, 0.2) is 0 Å². The van der Waals surface area contributed by atoms with Crippen LogP contribution in [0.3, 0.4) is 0 Å². The van der Waals surface area contributed by atoms with Gasteiger partial charge in [-0.3, -0.25) is 0 Å². The van der Waals surface area contributed by atoms with Crippen molar-refractivity contribution < 1.29 is 41.1 Å². The van der Waals surface area contributed by atoms with Gasteiger partial charge < -0.3 is 9.13 Å². The second-order valence-electron chi connectivity index (χ2n) is 14.1. The van der Waals surface area contributed by atoms with Crippen molar-refractivity contribution in [2.24, 2.45) is 0 Å². The van der Waals surface area contributed by atoms with Crippen LogP contribution < -0.4 is 0 Å². The molecule has 0 aliphatic carbocycles. The van der Waals surface area contributed by atoms with Crippen LogP contribution in [0.5, 0.6) is 0 Å². The zero-order valence-electron chi connectivity index (χ0n) is 61.9. The maximum absolute atomic E-state index is 10.1. The monoisotopic (exact) mass is 848 g/mol. The number of aromatic nitrogens is 2. The number of fused-ring (bicyclic) bond motifs is 9. The molecule has 0 saturated heterocycles. The number of nitrogens with zero attached hydrogens (tertiary/aromatic N) is 2. The van der Waals surface area contributed by atoms with E-state index in [4.69, 9.17) is 16.4 Å². The number of para-hydroxylation sites is 3. The van der Waals surface area contributed by atoms with Crippen LogP contribution in [-0.4, -0.2) is 9.13 Å². The Hall–Kier alpha value is -7.98. The Morgan fingerprint density at radius 3 is 1.54 bits per heavy atom. The molecule has 0 radical (unpaired) electrons. The van der Waals surface area contributed by atoms with E-state index in [2.05, 4.69) is 0 Å². The van der Waals surface area contributed by atoms with Gasteiger partial charge in [-0.05, 0) is 117 Å². The minimum absolute atomic E-state index is 0.140. The summed E-state index contributed by atoms with van der Waals surface area (Å²) in [7, 11) is 0. The highest BCUT2D eigenvalue weighted by Gasteiger charge is 2.19. The van der Waals surface area contributed by atoms with Crippen molar-refractivity contribution in [1.82, 2.24) is 9.13 Å². The van der Waals surface area contributed by atoms with Crippen LogP contribution in [0.4, 0.5) is 0 Å². The summed E-state index contributed by atoms with van der Waals surface area (Å²) in [6.45, 7) is 0. The number of hydrogen-bond acceptors (Lipinski definition) is 1. The molecular formula is C60H38N2S. The molecule has 10 aromatic carbocycles.